The molecule has 164 valence electrons. The topological polar surface area (TPSA) is 65.1 Å². The SMILES string of the molecule is CNC(=O)[C@@H](c1ccccc1OC)N1CCC[C@H]1C(=O)N1CCN(C)CC1.Cl.Cl. The van der Waals surface area contributed by atoms with E-state index in [0.717, 1.165) is 51.1 Å². The van der Waals surface area contributed by atoms with Crippen LogP contribution in [0, 0.1) is 0 Å². The zero-order chi connectivity index (χ0) is 19.4. The van der Waals surface area contributed by atoms with Crippen LogP contribution >= 0.6 is 24.8 Å². The van der Waals surface area contributed by atoms with Crippen LogP contribution in [0.3, 0.4) is 0 Å². The van der Waals surface area contributed by atoms with Crippen molar-refractivity contribution < 1.29 is 14.3 Å². The van der Waals surface area contributed by atoms with Gasteiger partial charge in [0.1, 0.15) is 11.8 Å². The van der Waals surface area contributed by atoms with E-state index in [0.29, 0.717) is 5.75 Å². The number of hydrogen-bond donors (Lipinski definition) is 1. The maximum atomic E-state index is 13.2. The van der Waals surface area contributed by atoms with Crippen molar-refractivity contribution in [2.24, 2.45) is 0 Å². The van der Waals surface area contributed by atoms with Crippen molar-refractivity contribution in [3.05, 3.63) is 29.8 Å². The zero-order valence-electron chi connectivity index (χ0n) is 17.3. The molecule has 0 saturated carbocycles. The molecule has 0 bridgehead atoms. The van der Waals surface area contributed by atoms with Crippen LogP contribution in [-0.4, -0.2) is 86.5 Å². The molecule has 2 fully saturated rings. The second kappa shape index (κ2) is 11.6. The molecular weight excluding hydrogens is 415 g/mol. The summed E-state index contributed by atoms with van der Waals surface area (Å²) in [5, 5.41) is 2.77. The van der Waals surface area contributed by atoms with Gasteiger partial charge in [0.25, 0.3) is 0 Å². The Balaban J connectivity index is 0.00000210. The molecular formula is C20H32Cl2N4O3. The van der Waals surface area contributed by atoms with Gasteiger partial charge in [-0.25, -0.2) is 0 Å². The molecule has 7 nitrogen and oxygen atoms in total. The van der Waals surface area contributed by atoms with E-state index in [4.69, 9.17) is 4.74 Å². The zero-order valence-corrected chi connectivity index (χ0v) is 18.9. The number of carbonyl (C=O) groups is 2. The fourth-order valence-electron chi connectivity index (χ4n) is 4.10. The summed E-state index contributed by atoms with van der Waals surface area (Å²) < 4.78 is 5.50. The maximum absolute atomic E-state index is 13.2. The summed E-state index contributed by atoms with van der Waals surface area (Å²) in [6, 6.07) is 6.77. The maximum Gasteiger partial charge on any atom is 0.241 e. The minimum Gasteiger partial charge on any atom is -0.496 e. The Morgan fingerprint density at radius 2 is 1.76 bits per heavy atom. The van der Waals surface area contributed by atoms with E-state index >= 15 is 0 Å². The number of amides is 2. The van der Waals surface area contributed by atoms with Crippen LogP contribution in [0.15, 0.2) is 24.3 Å². The smallest absolute Gasteiger partial charge is 0.241 e. The molecule has 0 radical (unpaired) electrons. The van der Waals surface area contributed by atoms with Crippen LogP contribution in [-0.2, 0) is 9.59 Å². The molecule has 2 amide bonds. The van der Waals surface area contributed by atoms with Gasteiger partial charge in [-0.05, 0) is 26.0 Å². The lowest BCUT2D eigenvalue weighted by Gasteiger charge is -2.38. The highest BCUT2D eigenvalue weighted by Gasteiger charge is 2.41. The first-order valence-corrected chi connectivity index (χ1v) is 9.64. The Kier molecular flexibility index (Phi) is 10.2. The van der Waals surface area contributed by atoms with Gasteiger partial charge in [0, 0.05) is 45.3 Å². The number of likely N-dealkylation sites (tertiary alicyclic amines) is 1. The first-order chi connectivity index (χ1) is 13.1. The fraction of sp³-hybridized carbons (Fsp3) is 0.600. The van der Waals surface area contributed by atoms with Gasteiger partial charge in [-0.1, -0.05) is 18.2 Å². The summed E-state index contributed by atoms with van der Waals surface area (Å²) in [4.78, 5) is 32.3. The minimum absolute atomic E-state index is 0. The molecule has 2 aliphatic heterocycles. The number of rotatable bonds is 5. The highest BCUT2D eigenvalue weighted by Crippen LogP contribution is 2.35. The third-order valence-electron chi connectivity index (χ3n) is 5.65. The molecule has 1 aromatic rings. The number of benzene rings is 1. The second-order valence-corrected chi connectivity index (χ2v) is 7.28. The average Bonchev–Trinajstić information content (AvgIpc) is 3.17. The van der Waals surface area contributed by atoms with E-state index < -0.39 is 6.04 Å². The first kappa shape index (κ1) is 25.5. The van der Waals surface area contributed by atoms with Crippen molar-refractivity contribution in [3.63, 3.8) is 0 Å². The molecule has 2 saturated heterocycles. The molecule has 2 atom stereocenters. The quantitative estimate of drug-likeness (QED) is 0.743. The summed E-state index contributed by atoms with van der Waals surface area (Å²) in [5.41, 5.74) is 0.803. The van der Waals surface area contributed by atoms with Gasteiger partial charge < -0.3 is 19.9 Å². The summed E-state index contributed by atoms with van der Waals surface area (Å²) in [7, 11) is 5.32. The van der Waals surface area contributed by atoms with Crippen LogP contribution in [0.4, 0.5) is 0 Å². The van der Waals surface area contributed by atoms with Gasteiger partial charge in [0.05, 0.1) is 13.2 Å². The predicted octanol–water partition coefficient (Wildman–Crippen LogP) is 1.56. The highest BCUT2D eigenvalue weighted by atomic mass is 35.5. The lowest BCUT2D eigenvalue weighted by molar-refractivity contribution is -0.140. The molecule has 2 aliphatic rings. The first-order valence-electron chi connectivity index (χ1n) is 9.64. The van der Waals surface area contributed by atoms with Gasteiger partial charge in [-0.3, -0.25) is 14.5 Å². The summed E-state index contributed by atoms with van der Waals surface area (Å²) >= 11 is 0. The monoisotopic (exact) mass is 446 g/mol. The third-order valence-corrected chi connectivity index (χ3v) is 5.65. The van der Waals surface area contributed by atoms with E-state index in [1.807, 2.05) is 29.2 Å². The molecule has 0 spiro atoms. The van der Waals surface area contributed by atoms with Crippen molar-refractivity contribution in [2.75, 3.05) is 53.9 Å². The molecule has 0 aliphatic carbocycles. The van der Waals surface area contributed by atoms with Crippen LogP contribution in [0.2, 0.25) is 0 Å². The predicted molar refractivity (Wildman–Crippen MR) is 118 cm³/mol. The number of nitrogens with zero attached hydrogens (tertiary/aromatic N) is 3. The number of nitrogens with one attached hydrogen (secondary N) is 1. The van der Waals surface area contributed by atoms with E-state index in [-0.39, 0.29) is 42.7 Å². The molecule has 9 heteroatoms. The van der Waals surface area contributed by atoms with Crippen LogP contribution < -0.4 is 10.1 Å². The molecule has 2 heterocycles. The lowest BCUT2D eigenvalue weighted by Crippen LogP contribution is -2.54. The molecule has 0 unspecified atom stereocenters. The van der Waals surface area contributed by atoms with Crippen LogP contribution in [0.5, 0.6) is 5.75 Å². The average molecular weight is 447 g/mol. The van der Waals surface area contributed by atoms with E-state index in [9.17, 15) is 9.59 Å². The fourth-order valence-corrected chi connectivity index (χ4v) is 4.10. The van der Waals surface area contributed by atoms with E-state index in [2.05, 4.69) is 22.2 Å². The summed E-state index contributed by atoms with van der Waals surface area (Å²) in [6.07, 6.45) is 1.70. The van der Waals surface area contributed by atoms with Crippen LogP contribution in [0.1, 0.15) is 24.4 Å². The Bertz CT molecular complexity index is 683. The largest absolute Gasteiger partial charge is 0.496 e. The van der Waals surface area contributed by atoms with Crippen molar-refractivity contribution in [3.8, 4) is 5.75 Å². The molecule has 3 rings (SSSR count). The normalized spacial score (nSPS) is 20.9. The van der Waals surface area contributed by atoms with Gasteiger partial charge in [-0.15, -0.1) is 24.8 Å². The number of hydrogen-bond acceptors (Lipinski definition) is 5. The molecule has 1 aromatic carbocycles. The van der Waals surface area contributed by atoms with E-state index in [1.54, 1.807) is 14.2 Å². The minimum atomic E-state index is -0.532. The van der Waals surface area contributed by atoms with Crippen molar-refractivity contribution in [2.45, 2.75) is 24.9 Å². The molecule has 29 heavy (non-hydrogen) atoms. The summed E-state index contributed by atoms with van der Waals surface area (Å²) in [6.45, 7) is 4.01. The van der Waals surface area contributed by atoms with Gasteiger partial charge in [-0.2, -0.15) is 0 Å². The van der Waals surface area contributed by atoms with Crippen molar-refractivity contribution in [1.82, 2.24) is 20.0 Å². The number of ether oxygens (including phenoxy) is 1. The number of piperazine rings is 1. The Hall–Kier alpha value is -1.54. The number of methoxy groups -OCH3 is 1. The highest BCUT2D eigenvalue weighted by molar-refractivity contribution is 5.87. The van der Waals surface area contributed by atoms with E-state index in [1.165, 1.54) is 0 Å². The van der Waals surface area contributed by atoms with Gasteiger partial charge >= 0.3 is 0 Å². The number of para-hydroxylation sites is 1. The lowest BCUT2D eigenvalue weighted by atomic mass is 10.0. The number of likely N-dealkylation sites (N-methyl/N-ethyl adjacent to an activating group) is 2. The molecule has 0 aromatic heterocycles. The Morgan fingerprint density at radius 3 is 2.38 bits per heavy atom. The van der Waals surface area contributed by atoms with Gasteiger partial charge in [0.15, 0.2) is 0 Å². The number of carbonyl (C=O) groups excluding carboxylic acids is 2. The number of halogens is 2. The summed E-state index contributed by atoms with van der Waals surface area (Å²) in [5.74, 6) is 0.700. The van der Waals surface area contributed by atoms with Crippen molar-refractivity contribution >= 4 is 36.6 Å². The Labute approximate surface area is 185 Å². The Morgan fingerprint density at radius 1 is 1.10 bits per heavy atom. The standard InChI is InChI=1S/C20H30N4O3.2ClH/c1-21-19(25)18(15-7-4-5-9-17(15)27-3)24-10-6-8-16(24)20(26)23-13-11-22(2)12-14-23;;/h4-5,7,9,16,18H,6,8,10-14H2,1-3H3,(H,21,25);2*1H/t16-,18+;;/m0../s1. The van der Waals surface area contributed by atoms with Crippen LogP contribution in [0.25, 0.3) is 0 Å². The molecule has 1 N–H and O–H groups in total. The van der Waals surface area contributed by atoms with Crippen molar-refractivity contribution in [1.29, 1.82) is 0 Å². The second-order valence-electron chi connectivity index (χ2n) is 7.28. The van der Waals surface area contributed by atoms with Gasteiger partial charge in [0.2, 0.25) is 11.8 Å². The third kappa shape index (κ3) is 5.54.